The molecule has 0 aromatic heterocycles. The monoisotopic (exact) mass is 412 g/mol. The second-order valence-corrected chi connectivity index (χ2v) is 7.67. The van der Waals surface area contributed by atoms with Gasteiger partial charge in [0.15, 0.2) is 11.5 Å². The van der Waals surface area contributed by atoms with Crippen LogP contribution in [-0.2, 0) is 14.3 Å². The number of hydrogen-bond acceptors (Lipinski definition) is 6. The highest BCUT2D eigenvalue weighted by atomic mass is 16.7. The SMILES string of the molecule is COCCN(C)CC(=O)N1C[C@@H](c2ccccc2)O[C@@H](c2ccc3c(c2)OCO3)C1. The van der Waals surface area contributed by atoms with Gasteiger partial charge in [-0.2, -0.15) is 0 Å². The van der Waals surface area contributed by atoms with Crippen molar-refractivity contribution in [1.29, 1.82) is 0 Å². The van der Waals surface area contributed by atoms with Crippen molar-refractivity contribution < 1.29 is 23.7 Å². The molecule has 7 heteroatoms. The van der Waals surface area contributed by atoms with E-state index in [0.29, 0.717) is 32.8 Å². The molecule has 0 unspecified atom stereocenters. The molecule has 0 aliphatic carbocycles. The fourth-order valence-electron chi connectivity index (χ4n) is 3.77. The number of carbonyl (C=O) groups is 1. The number of rotatable bonds is 7. The third-order valence-corrected chi connectivity index (χ3v) is 5.48. The number of fused-ring (bicyclic) bond motifs is 1. The predicted octanol–water partition coefficient (Wildman–Crippen LogP) is 2.63. The molecule has 2 aliphatic heterocycles. The van der Waals surface area contributed by atoms with E-state index >= 15 is 0 Å². The van der Waals surface area contributed by atoms with E-state index in [1.807, 2.05) is 65.4 Å². The number of ether oxygens (including phenoxy) is 4. The quantitative estimate of drug-likeness (QED) is 0.697. The van der Waals surface area contributed by atoms with Crippen molar-refractivity contribution in [1.82, 2.24) is 9.80 Å². The molecule has 2 aliphatic rings. The van der Waals surface area contributed by atoms with Gasteiger partial charge in [-0.1, -0.05) is 36.4 Å². The minimum absolute atomic E-state index is 0.0866. The Balaban J connectivity index is 1.53. The van der Waals surface area contributed by atoms with Gasteiger partial charge in [0, 0.05) is 13.7 Å². The molecular weight excluding hydrogens is 384 g/mol. The van der Waals surface area contributed by atoms with E-state index in [2.05, 4.69) is 0 Å². The van der Waals surface area contributed by atoms with Crippen molar-refractivity contribution >= 4 is 5.91 Å². The van der Waals surface area contributed by atoms with E-state index in [-0.39, 0.29) is 24.9 Å². The largest absolute Gasteiger partial charge is 0.454 e. The van der Waals surface area contributed by atoms with Crippen LogP contribution >= 0.6 is 0 Å². The first kappa shape index (κ1) is 20.7. The van der Waals surface area contributed by atoms with Gasteiger partial charge in [-0.25, -0.2) is 0 Å². The van der Waals surface area contributed by atoms with E-state index in [9.17, 15) is 4.79 Å². The van der Waals surface area contributed by atoms with Gasteiger partial charge in [0.2, 0.25) is 12.7 Å². The normalized spacial score (nSPS) is 20.6. The lowest BCUT2D eigenvalue weighted by Gasteiger charge is -2.39. The maximum absolute atomic E-state index is 13.1. The van der Waals surface area contributed by atoms with Crippen LogP contribution in [0.5, 0.6) is 11.5 Å². The Morgan fingerprint density at radius 3 is 2.57 bits per heavy atom. The molecular formula is C23H28N2O5. The molecule has 2 atom stereocenters. The zero-order chi connectivity index (χ0) is 20.9. The Morgan fingerprint density at radius 2 is 1.80 bits per heavy atom. The fraction of sp³-hybridized carbons (Fsp3) is 0.435. The Morgan fingerprint density at radius 1 is 1.07 bits per heavy atom. The van der Waals surface area contributed by atoms with Crippen LogP contribution in [0.2, 0.25) is 0 Å². The van der Waals surface area contributed by atoms with Crippen molar-refractivity contribution in [2.45, 2.75) is 12.2 Å². The molecule has 0 radical (unpaired) electrons. The number of benzene rings is 2. The number of amides is 1. The molecule has 2 aromatic carbocycles. The average molecular weight is 412 g/mol. The second-order valence-electron chi connectivity index (χ2n) is 7.67. The third-order valence-electron chi connectivity index (χ3n) is 5.48. The van der Waals surface area contributed by atoms with Gasteiger partial charge < -0.3 is 23.8 Å². The van der Waals surface area contributed by atoms with Crippen LogP contribution in [0.4, 0.5) is 0 Å². The molecule has 4 rings (SSSR count). The average Bonchev–Trinajstić information content (AvgIpc) is 3.26. The molecule has 1 fully saturated rings. The second kappa shape index (κ2) is 9.47. The Kier molecular flexibility index (Phi) is 6.52. The maximum atomic E-state index is 13.1. The Bertz CT molecular complexity index is 860. The zero-order valence-corrected chi connectivity index (χ0v) is 17.5. The van der Waals surface area contributed by atoms with Gasteiger partial charge in [-0.05, 0) is 30.3 Å². The van der Waals surface area contributed by atoms with Crippen LogP contribution in [0, 0.1) is 0 Å². The van der Waals surface area contributed by atoms with Crippen molar-refractivity contribution in [3.8, 4) is 11.5 Å². The topological polar surface area (TPSA) is 60.5 Å². The summed E-state index contributed by atoms with van der Waals surface area (Å²) in [4.78, 5) is 16.9. The number of nitrogens with zero attached hydrogens (tertiary/aromatic N) is 2. The lowest BCUT2D eigenvalue weighted by atomic mass is 10.0. The van der Waals surface area contributed by atoms with Gasteiger partial charge in [-0.3, -0.25) is 9.69 Å². The fourth-order valence-corrected chi connectivity index (χ4v) is 3.77. The first-order chi connectivity index (χ1) is 14.6. The molecule has 160 valence electrons. The summed E-state index contributed by atoms with van der Waals surface area (Å²) in [6.45, 7) is 2.91. The highest BCUT2D eigenvalue weighted by Gasteiger charge is 2.33. The predicted molar refractivity (Wildman–Crippen MR) is 112 cm³/mol. The standard InChI is InChI=1S/C23H28N2O5/c1-24(10-11-27-2)15-23(26)25-13-21(17-6-4-3-5-7-17)30-22(14-25)18-8-9-19-20(12-18)29-16-28-19/h3-9,12,21-22H,10-11,13-16H2,1-2H3/t21-,22+/m0/s1. The van der Waals surface area contributed by atoms with Crippen molar-refractivity contribution in [2.24, 2.45) is 0 Å². The van der Waals surface area contributed by atoms with Crippen LogP contribution in [0.15, 0.2) is 48.5 Å². The molecule has 0 spiro atoms. The van der Waals surface area contributed by atoms with Crippen molar-refractivity contribution in [3.05, 3.63) is 59.7 Å². The summed E-state index contributed by atoms with van der Waals surface area (Å²) in [5.41, 5.74) is 2.04. The number of methoxy groups -OCH3 is 1. The van der Waals surface area contributed by atoms with Crippen LogP contribution in [0.25, 0.3) is 0 Å². The molecule has 1 saturated heterocycles. The molecule has 0 N–H and O–H groups in total. The highest BCUT2D eigenvalue weighted by Crippen LogP contribution is 2.38. The summed E-state index contributed by atoms with van der Waals surface area (Å²) in [6.07, 6.45) is -0.435. The van der Waals surface area contributed by atoms with Crippen LogP contribution in [0.1, 0.15) is 23.3 Å². The Labute approximate surface area is 177 Å². The van der Waals surface area contributed by atoms with E-state index in [0.717, 1.165) is 22.6 Å². The summed E-state index contributed by atoms with van der Waals surface area (Å²) >= 11 is 0. The van der Waals surface area contributed by atoms with E-state index in [4.69, 9.17) is 18.9 Å². The third kappa shape index (κ3) is 4.75. The zero-order valence-electron chi connectivity index (χ0n) is 17.5. The van der Waals surface area contributed by atoms with E-state index in [1.54, 1.807) is 7.11 Å². The minimum Gasteiger partial charge on any atom is -0.454 e. The molecule has 7 nitrogen and oxygen atoms in total. The smallest absolute Gasteiger partial charge is 0.236 e. The number of likely N-dealkylation sites (N-methyl/N-ethyl adjacent to an activating group) is 1. The minimum atomic E-state index is -0.244. The van der Waals surface area contributed by atoms with Gasteiger partial charge in [-0.15, -0.1) is 0 Å². The van der Waals surface area contributed by atoms with Crippen LogP contribution < -0.4 is 9.47 Å². The lowest BCUT2D eigenvalue weighted by molar-refractivity contribution is -0.147. The van der Waals surface area contributed by atoms with Gasteiger partial charge in [0.05, 0.1) is 26.2 Å². The number of hydrogen-bond donors (Lipinski definition) is 0. The molecule has 0 bridgehead atoms. The summed E-state index contributed by atoms with van der Waals surface area (Å²) in [5.74, 6) is 1.54. The number of morpholine rings is 1. The first-order valence-electron chi connectivity index (χ1n) is 10.2. The summed E-state index contributed by atoms with van der Waals surface area (Å²) < 4.78 is 22.5. The summed E-state index contributed by atoms with van der Waals surface area (Å²) in [6, 6.07) is 15.9. The molecule has 2 aromatic rings. The van der Waals surface area contributed by atoms with Gasteiger partial charge >= 0.3 is 0 Å². The molecule has 30 heavy (non-hydrogen) atoms. The lowest BCUT2D eigenvalue weighted by Crippen LogP contribution is -2.47. The molecule has 0 saturated carbocycles. The van der Waals surface area contributed by atoms with Crippen LogP contribution in [-0.4, -0.2) is 69.4 Å². The molecule has 1 amide bonds. The van der Waals surface area contributed by atoms with Crippen LogP contribution in [0.3, 0.4) is 0 Å². The van der Waals surface area contributed by atoms with Crippen molar-refractivity contribution in [2.75, 3.05) is 53.7 Å². The first-order valence-corrected chi connectivity index (χ1v) is 10.2. The van der Waals surface area contributed by atoms with E-state index < -0.39 is 0 Å². The van der Waals surface area contributed by atoms with Gasteiger partial charge in [0.1, 0.15) is 12.2 Å². The highest BCUT2D eigenvalue weighted by molar-refractivity contribution is 5.78. The summed E-state index contributed by atoms with van der Waals surface area (Å²) in [5, 5.41) is 0. The van der Waals surface area contributed by atoms with Crippen molar-refractivity contribution in [3.63, 3.8) is 0 Å². The molecule has 2 heterocycles. The maximum Gasteiger partial charge on any atom is 0.236 e. The number of carbonyl (C=O) groups excluding carboxylic acids is 1. The Hall–Kier alpha value is -2.61. The van der Waals surface area contributed by atoms with E-state index in [1.165, 1.54) is 0 Å². The van der Waals surface area contributed by atoms with Gasteiger partial charge in [0.25, 0.3) is 0 Å². The summed E-state index contributed by atoms with van der Waals surface area (Å²) in [7, 11) is 3.60.